The standard InChI is InChI=1S/C14H23N3O/c1-10(2)7-13(9-16)17-14(18)12-5-3-11(8-15)4-6-12/h3-6,10,13H,7-9,15-16H2,1-2H3,(H,17,18). The van der Waals surface area contributed by atoms with Crippen LogP contribution >= 0.6 is 0 Å². The molecule has 0 saturated heterocycles. The molecule has 1 atom stereocenters. The van der Waals surface area contributed by atoms with Gasteiger partial charge in [0.2, 0.25) is 0 Å². The summed E-state index contributed by atoms with van der Waals surface area (Å²) in [4.78, 5) is 12.0. The zero-order valence-corrected chi connectivity index (χ0v) is 11.1. The maximum Gasteiger partial charge on any atom is 0.251 e. The summed E-state index contributed by atoms with van der Waals surface area (Å²) in [7, 11) is 0. The minimum atomic E-state index is -0.0744. The Hall–Kier alpha value is -1.39. The zero-order valence-electron chi connectivity index (χ0n) is 11.1. The van der Waals surface area contributed by atoms with Crippen LogP contribution < -0.4 is 16.8 Å². The van der Waals surface area contributed by atoms with Crippen molar-refractivity contribution in [2.24, 2.45) is 17.4 Å². The van der Waals surface area contributed by atoms with Crippen molar-refractivity contribution in [2.45, 2.75) is 32.9 Å². The van der Waals surface area contributed by atoms with Gasteiger partial charge in [-0.2, -0.15) is 0 Å². The average Bonchev–Trinajstić information content (AvgIpc) is 2.37. The first-order valence-corrected chi connectivity index (χ1v) is 6.36. The predicted octanol–water partition coefficient (Wildman–Crippen LogP) is 1.25. The molecule has 1 aromatic rings. The van der Waals surface area contributed by atoms with Crippen molar-refractivity contribution in [3.05, 3.63) is 35.4 Å². The number of hydrogen-bond donors (Lipinski definition) is 3. The molecule has 0 aliphatic heterocycles. The molecule has 5 N–H and O–H groups in total. The van der Waals surface area contributed by atoms with E-state index in [1.54, 1.807) is 12.1 Å². The van der Waals surface area contributed by atoms with E-state index in [0.717, 1.165) is 12.0 Å². The summed E-state index contributed by atoms with van der Waals surface area (Å²) < 4.78 is 0. The van der Waals surface area contributed by atoms with Gasteiger partial charge in [-0.15, -0.1) is 0 Å². The van der Waals surface area contributed by atoms with E-state index in [4.69, 9.17) is 11.5 Å². The van der Waals surface area contributed by atoms with Crippen molar-refractivity contribution in [1.29, 1.82) is 0 Å². The third-order valence-electron chi connectivity index (χ3n) is 2.83. The molecular weight excluding hydrogens is 226 g/mol. The molecule has 0 aliphatic rings. The molecular formula is C14H23N3O. The fourth-order valence-electron chi connectivity index (χ4n) is 1.84. The number of nitrogens with one attached hydrogen (secondary N) is 1. The first kappa shape index (κ1) is 14.7. The Labute approximate surface area is 109 Å². The van der Waals surface area contributed by atoms with E-state index in [2.05, 4.69) is 19.2 Å². The Bertz CT molecular complexity index is 373. The van der Waals surface area contributed by atoms with Gasteiger partial charge < -0.3 is 16.8 Å². The molecule has 0 heterocycles. The number of rotatable bonds is 6. The van der Waals surface area contributed by atoms with Crippen LogP contribution in [0.25, 0.3) is 0 Å². The molecule has 0 spiro atoms. The first-order chi connectivity index (χ1) is 8.56. The van der Waals surface area contributed by atoms with Crippen LogP contribution in [0.15, 0.2) is 24.3 Å². The van der Waals surface area contributed by atoms with Crippen LogP contribution in [0.4, 0.5) is 0 Å². The van der Waals surface area contributed by atoms with Crippen LogP contribution in [0.3, 0.4) is 0 Å². The van der Waals surface area contributed by atoms with Gasteiger partial charge in [0.05, 0.1) is 0 Å². The predicted molar refractivity (Wildman–Crippen MR) is 74.1 cm³/mol. The van der Waals surface area contributed by atoms with Gasteiger partial charge in [0.1, 0.15) is 0 Å². The second-order valence-electron chi connectivity index (χ2n) is 4.94. The number of hydrogen-bond acceptors (Lipinski definition) is 3. The molecule has 0 fully saturated rings. The van der Waals surface area contributed by atoms with Gasteiger partial charge in [-0.3, -0.25) is 4.79 Å². The molecule has 0 radical (unpaired) electrons. The normalized spacial score (nSPS) is 12.5. The lowest BCUT2D eigenvalue weighted by Gasteiger charge is -2.18. The van der Waals surface area contributed by atoms with Crippen LogP contribution in [0.1, 0.15) is 36.2 Å². The Balaban J connectivity index is 2.62. The number of carbonyl (C=O) groups is 1. The highest BCUT2D eigenvalue weighted by molar-refractivity contribution is 5.94. The van der Waals surface area contributed by atoms with Crippen molar-refractivity contribution in [1.82, 2.24) is 5.32 Å². The molecule has 100 valence electrons. The SMILES string of the molecule is CC(C)CC(CN)NC(=O)c1ccc(CN)cc1. The van der Waals surface area contributed by atoms with Crippen LogP contribution in [0.5, 0.6) is 0 Å². The molecule has 0 bridgehead atoms. The number of nitrogens with two attached hydrogens (primary N) is 2. The summed E-state index contributed by atoms with van der Waals surface area (Å²) in [5.74, 6) is 0.438. The molecule has 0 saturated carbocycles. The summed E-state index contributed by atoms with van der Waals surface area (Å²) >= 11 is 0. The topological polar surface area (TPSA) is 81.1 Å². The third-order valence-corrected chi connectivity index (χ3v) is 2.83. The van der Waals surface area contributed by atoms with Gasteiger partial charge in [0, 0.05) is 24.7 Å². The molecule has 0 aliphatic carbocycles. The minimum absolute atomic E-state index is 0.0340. The molecule has 1 aromatic carbocycles. The Morgan fingerprint density at radius 2 is 1.83 bits per heavy atom. The minimum Gasteiger partial charge on any atom is -0.348 e. The van der Waals surface area contributed by atoms with Crippen molar-refractivity contribution >= 4 is 5.91 Å². The summed E-state index contributed by atoms with van der Waals surface area (Å²) in [6, 6.07) is 7.36. The molecule has 0 aromatic heterocycles. The highest BCUT2D eigenvalue weighted by Crippen LogP contribution is 2.07. The maximum absolute atomic E-state index is 12.0. The number of benzene rings is 1. The lowest BCUT2D eigenvalue weighted by molar-refractivity contribution is 0.0934. The van der Waals surface area contributed by atoms with E-state index < -0.39 is 0 Å². The Kier molecular flexibility index (Phi) is 5.82. The van der Waals surface area contributed by atoms with Gasteiger partial charge in [-0.1, -0.05) is 26.0 Å². The maximum atomic E-state index is 12.0. The molecule has 1 unspecified atom stereocenters. The Morgan fingerprint density at radius 3 is 2.28 bits per heavy atom. The highest BCUT2D eigenvalue weighted by atomic mass is 16.1. The second-order valence-corrected chi connectivity index (χ2v) is 4.94. The third kappa shape index (κ3) is 4.47. The van der Waals surface area contributed by atoms with Crippen LogP contribution in [0, 0.1) is 5.92 Å². The van der Waals surface area contributed by atoms with Crippen molar-refractivity contribution in [2.75, 3.05) is 6.54 Å². The van der Waals surface area contributed by atoms with E-state index in [1.165, 1.54) is 0 Å². The molecule has 4 heteroatoms. The molecule has 4 nitrogen and oxygen atoms in total. The fraction of sp³-hybridized carbons (Fsp3) is 0.500. The summed E-state index contributed by atoms with van der Waals surface area (Å²) in [6.45, 7) is 5.18. The number of amides is 1. The fourth-order valence-corrected chi connectivity index (χ4v) is 1.84. The Morgan fingerprint density at radius 1 is 1.22 bits per heavy atom. The van der Waals surface area contributed by atoms with Gasteiger partial charge >= 0.3 is 0 Å². The second kappa shape index (κ2) is 7.13. The van der Waals surface area contributed by atoms with Crippen LogP contribution in [-0.4, -0.2) is 18.5 Å². The summed E-state index contributed by atoms with van der Waals surface area (Å²) in [5, 5.41) is 2.96. The van der Waals surface area contributed by atoms with Gasteiger partial charge in [-0.05, 0) is 30.0 Å². The largest absolute Gasteiger partial charge is 0.348 e. The van der Waals surface area contributed by atoms with Gasteiger partial charge in [0.15, 0.2) is 0 Å². The van der Waals surface area contributed by atoms with Crippen molar-refractivity contribution < 1.29 is 4.79 Å². The smallest absolute Gasteiger partial charge is 0.251 e. The van der Waals surface area contributed by atoms with Gasteiger partial charge in [-0.25, -0.2) is 0 Å². The quantitative estimate of drug-likeness (QED) is 0.709. The van der Waals surface area contributed by atoms with E-state index in [1.807, 2.05) is 12.1 Å². The average molecular weight is 249 g/mol. The van der Waals surface area contributed by atoms with Crippen molar-refractivity contribution in [3.8, 4) is 0 Å². The molecule has 1 rings (SSSR count). The van der Waals surface area contributed by atoms with Crippen molar-refractivity contribution in [3.63, 3.8) is 0 Å². The highest BCUT2D eigenvalue weighted by Gasteiger charge is 2.13. The van der Waals surface area contributed by atoms with E-state index in [-0.39, 0.29) is 11.9 Å². The lowest BCUT2D eigenvalue weighted by Crippen LogP contribution is -2.41. The molecule has 1 amide bonds. The van der Waals surface area contributed by atoms with E-state index in [9.17, 15) is 4.79 Å². The molecule has 18 heavy (non-hydrogen) atoms. The summed E-state index contributed by atoms with van der Waals surface area (Å²) in [5.41, 5.74) is 12.8. The lowest BCUT2D eigenvalue weighted by atomic mass is 10.0. The first-order valence-electron chi connectivity index (χ1n) is 6.36. The van der Waals surface area contributed by atoms with E-state index in [0.29, 0.717) is 24.6 Å². The van der Waals surface area contributed by atoms with Crippen LogP contribution in [-0.2, 0) is 6.54 Å². The van der Waals surface area contributed by atoms with Crippen LogP contribution in [0.2, 0.25) is 0 Å². The van der Waals surface area contributed by atoms with Gasteiger partial charge in [0.25, 0.3) is 5.91 Å². The zero-order chi connectivity index (χ0) is 13.5. The van der Waals surface area contributed by atoms with E-state index >= 15 is 0 Å². The monoisotopic (exact) mass is 249 g/mol. The summed E-state index contributed by atoms with van der Waals surface area (Å²) in [6.07, 6.45) is 0.892. The number of carbonyl (C=O) groups excluding carboxylic acids is 1.